The van der Waals surface area contributed by atoms with Gasteiger partial charge in [0.2, 0.25) is 10.0 Å². The molecule has 22 heavy (non-hydrogen) atoms. The van der Waals surface area contributed by atoms with Crippen LogP contribution in [0, 0.1) is 5.41 Å². The van der Waals surface area contributed by atoms with Crippen LogP contribution >= 0.6 is 11.6 Å². The fourth-order valence-corrected chi connectivity index (χ4v) is 4.09. The SMILES string of the molecule is COCC1(CNS(=O)(=O)c2ccc(Cl)cc2)CC(O)C(O)C1. The molecule has 0 saturated heterocycles. The van der Waals surface area contributed by atoms with Crippen LogP contribution in [-0.4, -0.2) is 51.1 Å². The number of rotatable bonds is 6. The molecule has 0 heterocycles. The highest BCUT2D eigenvalue weighted by molar-refractivity contribution is 7.89. The second-order valence-electron chi connectivity index (χ2n) is 5.75. The lowest BCUT2D eigenvalue weighted by Crippen LogP contribution is -2.39. The normalized spacial score (nSPS) is 28.9. The maximum Gasteiger partial charge on any atom is 0.240 e. The number of benzene rings is 1. The van der Waals surface area contributed by atoms with Crippen LogP contribution in [-0.2, 0) is 14.8 Å². The highest BCUT2D eigenvalue weighted by atomic mass is 35.5. The summed E-state index contributed by atoms with van der Waals surface area (Å²) in [6.07, 6.45) is -1.17. The van der Waals surface area contributed by atoms with E-state index in [4.69, 9.17) is 16.3 Å². The molecule has 0 bridgehead atoms. The van der Waals surface area contributed by atoms with Crippen molar-refractivity contribution in [2.24, 2.45) is 5.41 Å². The van der Waals surface area contributed by atoms with E-state index in [1.165, 1.54) is 31.4 Å². The van der Waals surface area contributed by atoms with Gasteiger partial charge in [0.05, 0.1) is 23.7 Å². The third kappa shape index (κ3) is 3.98. The van der Waals surface area contributed by atoms with Crippen molar-refractivity contribution >= 4 is 21.6 Å². The lowest BCUT2D eigenvalue weighted by Gasteiger charge is -2.28. The van der Waals surface area contributed by atoms with Gasteiger partial charge in [-0.3, -0.25) is 0 Å². The monoisotopic (exact) mass is 349 g/mol. The lowest BCUT2D eigenvalue weighted by molar-refractivity contribution is 0.0438. The van der Waals surface area contributed by atoms with Gasteiger partial charge in [-0.15, -0.1) is 0 Å². The number of halogens is 1. The maximum atomic E-state index is 12.3. The molecule has 0 aromatic heterocycles. The molecule has 3 N–H and O–H groups in total. The molecule has 1 aromatic carbocycles. The molecular formula is C14H20ClNO5S. The molecule has 1 fully saturated rings. The third-order valence-electron chi connectivity index (χ3n) is 3.94. The zero-order valence-electron chi connectivity index (χ0n) is 12.2. The van der Waals surface area contributed by atoms with E-state index in [1.54, 1.807) is 0 Å². The molecule has 124 valence electrons. The van der Waals surface area contributed by atoms with Gasteiger partial charge in [0.25, 0.3) is 0 Å². The summed E-state index contributed by atoms with van der Waals surface area (Å²) in [5.74, 6) is 0. The highest BCUT2D eigenvalue weighted by Crippen LogP contribution is 2.38. The summed E-state index contributed by atoms with van der Waals surface area (Å²) in [6.45, 7) is 0.337. The molecule has 1 aliphatic carbocycles. The predicted molar refractivity (Wildman–Crippen MR) is 82.2 cm³/mol. The number of hydrogen-bond acceptors (Lipinski definition) is 5. The second kappa shape index (κ2) is 6.82. The Morgan fingerprint density at radius 3 is 2.32 bits per heavy atom. The van der Waals surface area contributed by atoms with Crippen LogP contribution in [0.25, 0.3) is 0 Å². The van der Waals surface area contributed by atoms with E-state index in [-0.39, 0.29) is 30.9 Å². The number of nitrogens with one attached hydrogen (secondary N) is 1. The van der Waals surface area contributed by atoms with E-state index in [1.807, 2.05) is 0 Å². The first-order chi connectivity index (χ1) is 10.3. The van der Waals surface area contributed by atoms with Crippen molar-refractivity contribution in [3.05, 3.63) is 29.3 Å². The van der Waals surface area contributed by atoms with Crippen molar-refractivity contribution in [2.45, 2.75) is 29.9 Å². The summed E-state index contributed by atoms with van der Waals surface area (Å²) >= 11 is 5.75. The predicted octanol–water partition coefficient (Wildman–Crippen LogP) is 0.767. The van der Waals surface area contributed by atoms with Gasteiger partial charge in [0, 0.05) is 24.1 Å². The third-order valence-corrected chi connectivity index (χ3v) is 5.61. The number of sulfonamides is 1. The van der Waals surface area contributed by atoms with Crippen LogP contribution in [0.2, 0.25) is 5.02 Å². The molecule has 1 aliphatic rings. The van der Waals surface area contributed by atoms with Gasteiger partial charge < -0.3 is 14.9 Å². The van der Waals surface area contributed by atoms with Crippen molar-refractivity contribution in [3.63, 3.8) is 0 Å². The standard InChI is InChI=1S/C14H20ClNO5S/c1-21-9-14(6-12(17)13(18)7-14)8-16-22(19,20)11-4-2-10(15)3-5-11/h2-5,12-13,16-18H,6-9H2,1H3. The summed E-state index contributed by atoms with van der Waals surface area (Å²) in [4.78, 5) is 0.114. The summed E-state index contributed by atoms with van der Waals surface area (Å²) in [6, 6.07) is 5.85. The number of ether oxygens (including phenoxy) is 1. The number of methoxy groups -OCH3 is 1. The first-order valence-corrected chi connectivity index (χ1v) is 8.74. The first kappa shape index (κ1) is 17.7. The van der Waals surface area contributed by atoms with Crippen molar-refractivity contribution in [1.29, 1.82) is 0 Å². The molecule has 2 rings (SSSR count). The van der Waals surface area contributed by atoms with Gasteiger partial charge in [-0.25, -0.2) is 13.1 Å². The topological polar surface area (TPSA) is 95.9 Å². The fourth-order valence-electron chi connectivity index (χ4n) is 2.81. The van der Waals surface area contributed by atoms with Crippen LogP contribution in [0.3, 0.4) is 0 Å². The molecule has 6 nitrogen and oxygen atoms in total. The average Bonchev–Trinajstić information content (AvgIpc) is 2.73. The van der Waals surface area contributed by atoms with Gasteiger partial charge in [-0.2, -0.15) is 0 Å². The first-order valence-electron chi connectivity index (χ1n) is 6.88. The molecule has 0 spiro atoms. The van der Waals surface area contributed by atoms with Crippen molar-refractivity contribution in [1.82, 2.24) is 4.72 Å². The number of aliphatic hydroxyl groups is 2. The Morgan fingerprint density at radius 2 is 1.82 bits per heavy atom. The summed E-state index contributed by atoms with van der Waals surface area (Å²) < 4.78 is 32.2. The molecule has 1 aromatic rings. The van der Waals surface area contributed by atoms with Crippen molar-refractivity contribution < 1.29 is 23.4 Å². The molecule has 0 radical (unpaired) electrons. The van der Waals surface area contributed by atoms with Gasteiger partial charge >= 0.3 is 0 Å². The Kier molecular flexibility index (Phi) is 5.47. The maximum absolute atomic E-state index is 12.3. The smallest absolute Gasteiger partial charge is 0.240 e. The Labute approximate surface area is 135 Å². The van der Waals surface area contributed by atoms with E-state index in [0.29, 0.717) is 5.02 Å². The zero-order chi connectivity index (χ0) is 16.4. The van der Waals surface area contributed by atoms with E-state index in [2.05, 4.69) is 4.72 Å². The van der Waals surface area contributed by atoms with Gasteiger partial charge in [0.15, 0.2) is 0 Å². The quantitative estimate of drug-likeness (QED) is 0.705. The Bertz CT molecular complexity index is 594. The number of aliphatic hydroxyl groups excluding tert-OH is 2. The molecule has 8 heteroatoms. The minimum atomic E-state index is -3.68. The molecule has 2 unspecified atom stereocenters. The van der Waals surface area contributed by atoms with E-state index in [9.17, 15) is 18.6 Å². The van der Waals surface area contributed by atoms with E-state index >= 15 is 0 Å². The summed E-state index contributed by atoms with van der Waals surface area (Å²) in [5, 5.41) is 19.9. The molecule has 1 saturated carbocycles. The summed E-state index contributed by atoms with van der Waals surface area (Å²) in [7, 11) is -2.18. The van der Waals surface area contributed by atoms with Crippen LogP contribution < -0.4 is 4.72 Å². The minimum Gasteiger partial charge on any atom is -0.390 e. The largest absolute Gasteiger partial charge is 0.390 e. The van der Waals surface area contributed by atoms with Gasteiger partial charge in [-0.05, 0) is 37.1 Å². The Morgan fingerprint density at radius 1 is 1.27 bits per heavy atom. The van der Waals surface area contributed by atoms with Crippen molar-refractivity contribution in [3.8, 4) is 0 Å². The zero-order valence-corrected chi connectivity index (χ0v) is 13.8. The van der Waals surface area contributed by atoms with Crippen LogP contribution in [0.4, 0.5) is 0 Å². The summed E-state index contributed by atoms with van der Waals surface area (Å²) in [5.41, 5.74) is -0.618. The molecule has 0 aliphatic heterocycles. The van der Waals surface area contributed by atoms with Crippen LogP contribution in [0.1, 0.15) is 12.8 Å². The Balaban J connectivity index is 2.10. The molecule has 2 atom stereocenters. The van der Waals surface area contributed by atoms with E-state index < -0.39 is 27.6 Å². The molecule has 0 amide bonds. The Hall–Kier alpha value is -0.700. The second-order valence-corrected chi connectivity index (χ2v) is 7.96. The average molecular weight is 350 g/mol. The highest BCUT2D eigenvalue weighted by Gasteiger charge is 2.44. The van der Waals surface area contributed by atoms with E-state index in [0.717, 1.165) is 0 Å². The lowest BCUT2D eigenvalue weighted by atomic mass is 9.87. The van der Waals surface area contributed by atoms with Crippen LogP contribution in [0.5, 0.6) is 0 Å². The van der Waals surface area contributed by atoms with Crippen molar-refractivity contribution in [2.75, 3.05) is 20.3 Å². The van der Waals surface area contributed by atoms with Gasteiger partial charge in [-0.1, -0.05) is 11.6 Å². The minimum absolute atomic E-state index is 0.0833. The number of hydrogen-bond donors (Lipinski definition) is 3. The fraction of sp³-hybridized carbons (Fsp3) is 0.571. The van der Waals surface area contributed by atoms with Gasteiger partial charge in [0.1, 0.15) is 0 Å². The van der Waals surface area contributed by atoms with Crippen LogP contribution in [0.15, 0.2) is 29.2 Å². The molecular weight excluding hydrogens is 330 g/mol.